The number of carbonyl (C=O) groups is 2. The maximum absolute atomic E-state index is 10.1. The van der Waals surface area contributed by atoms with Gasteiger partial charge in [0.1, 0.15) is 43.7 Å². The van der Waals surface area contributed by atoms with Crippen molar-refractivity contribution in [2.45, 2.75) is 74.5 Å². The van der Waals surface area contributed by atoms with Crippen LogP contribution in [-0.4, -0.2) is 186 Å². The Morgan fingerprint density at radius 3 is 1.44 bits per heavy atom. The molecular weight excluding hydrogens is 1200 g/mol. The number of aliphatic hydroxyl groups excluding tert-OH is 10. The molecule has 6 aromatic rings. The molecule has 2 aliphatic rings. The number of halogens is 3. The zero-order chi connectivity index (χ0) is 62.5. The Morgan fingerprint density at radius 1 is 0.558 bits per heavy atom. The Labute approximate surface area is 506 Å². The number of guanidine groups is 4. The smallest absolute Gasteiger partial charge is 0.335 e. The minimum atomic E-state index is -2.20. The fourth-order valence-electron chi connectivity index (χ4n) is 7.95. The molecule has 3 heterocycles. The van der Waals surface area contributed by atoms with Gasteiger partial charge in [-0.1, -0.05) is 42.1 Å². The number of anilines is 2. The first-order valence-corrected chi connectivity index (χ1v) is 26.5. The Morgan fingerprint density at radius 2 is 0.988 bits per heavy atom. The van der Waals surface area contributed by atoms with Crippen molar-refractivity contribution in [3.63, 3.8) is 0 Å². The second kappa shape index (κ2) is 34.3. The van der Waals surface area contributed by atoms with Crippen LogP contribution in [0.3, 0.4) is 0 Å². The van der Waals surface area contributed by atoms with Gasteiger partial charge in [-0.2, -0.15) is 14.6 Å². The van der Waals surface area contributed by atoms with E-state index in [1.54, 1.807) is 48.5 Å². The van der Waals surface area contributed by atoms with Crippen LogP contribution < -0.4 is 69.5 Å². The van der Waals surface area contributed by atoms with Crippen molar-refractivity contribution in [1.82, 2.24) is 0 Å². The molecule has 0 saturated carbocycles. The second-order valence-electron chi connectivity index (χ2n) is 18.6. The van der Waals surface area contributed by atoms with Crippen LogP contribution in [0.4, 0.5) is 11.4 Å². The highest BCUT2D eigenvalue weighted by molar-refractivity contribution is 6.31. The minimum Gasteiger partial charge on any atom is -1.00 e. The Kier molecular flexibility index (Phi) is 28.2. The minimum absolute atomic E-state index is 0. The lowest BCUT2D eigenvalue weighted by Gasteiger charge is -2.23. The van der Waals surface area contributed by atoms with Gasteiger partial charge in [0.15, 0.2) is 41.4 Å². The fraction of sp³-hybridized carbons (Fsp3) is 0.352. The standard InChI is InChI=1S/C22H30Cl2N10.C20H14NO4.2C6H12O7.ClH/c23-15-5-9-17(10-6-15)31-21(27)33-19(25)29-13-3-1-2-4-14-30-20(26)34-22(28)32-18-11-7-16(24)8-12-18;1-21-8-15-12(4-5-16-20(15)25-10-22-16)13-3-2-11-6-17-18(24-9-23-17)7-14(11)19(13)21;2*7-1-2(8)3(9)4(10)5(11)6(12)13;/h5-12H,1-4,13-14H2,(H5,25,27,29,31,33)(H5,26,28,30,32,34);2-8H,9-10H2,1H3;2*2-5,7-11H,1H2,(H,12,13);1H/q;+1;;;/p-1/t;;2*2-,3-,4+,5-;/m..11./s1. The lowest BCUT2D eigenvalue weighted by molar-refractivity contribution is -0.642. The molecule has 0 fully saturated rings. The molecule has 2 aliphatic heterocycles. The quantitative estimate of drug-likeness (QED) is 0.0125. The van der Waals surface area contributed by atoms with Gasteiger partial charge in [0.2, 0.25) is 42.9 Å². The summed E-state index contributed by atoms with van der Waals surface area (Å²) < 4.78 is 24.4. The summed E-state index contributed by atoms with van der Waals surface area (Å²) in [5.41, 5.74) is 25.9. The molecule has 32 heteroatoms. The maximum Gasteiger partial charge on any atom is 0.335 e. The number of aromatic nitrogens is 1. The Hall–Kier alpha value is -7.88. The van der Waals surface area contributed by atoms with Crippen molar-refractivity contribution in [1.29, 1.82) is 0 Å². The number of carboxylic acids is 2. The van der Waals surface area contributed by atoms with Gasteiger partial charge in [0.25, 0.3) is 0 Å². The SMILES string of the molecule is C[n+]1cc2c3c(ccc2c2ccc4cc5c(cc4c21)OCO5)OCO3.NC(=NCCCCCCN=C(N)/N=C(\N)Nc1ccc(Cl)cc1)/N=C(\N)Nc1ccc(Cl)cc1.O=C(O)[C@H](O)[C@@H](O)[C@H](O)[C@H](O)CO.O=C(O)[C@H](O)[C@@H](O)[C@H](O)[C@H](O)CO.[Cl-]. The van der Waals surface area contributed by atoms with Crippen molar-refractivity contribution < 1.29 is 107 Å². The first-order valence-electron chi connectivity index (χ1n) is 25.8. The van der Waals surface area contributed by atoms with Crippen LogP contribution in [0.2, 0.25) is 10.0 Å². The summed E-state index contributed by atoms with van der Waals surface area (Å²) in [4.78, 5) is 36.7. The highest BCUT2D eigenvalue weighted by Gasteiger charge is 2.35. The number of aryl methyl sites for hydroxylation is 1. The summed E-state index contributed by atoms with van der Waals surface area (Å²) in [5.74, 6) is 0.337. The zero-order valence-electron chi connectivity index (χ0n) is 45.8. The van der Waals surface area contributed by atoms with Crippen LogP contribution in [0.1, 0.15) is 25.7 Å². The van der Waals surface area contributed by atoms with Gasteiger partial charge in [0.05, 0.1) is 29.4 Å². The Bertz CT molecular complexity index is 3210. The molecule has 468 valence electrons. The summed E-state index contributed by atoms with van der Waals surface area (Å²) in [6.07, 6.45) is -9.89. The topological polar surface area (TPSA) is 495 Å². The molecular formula is C54H68Cl3N11O18. The van der Waals surface area contributed by atoms with Gasteiger partial charge in [-0.05, 0) is 97.1 Å². The molecule has 0 bridgehead atoms. The van der Waals surface area contributed by atoms with E-state index in [0.717, 1.165) is 87.1 Å². The lowest BCUT2D eigenvalue weighted by Crippen LogP contribution is -3.00. The fourth-order valence-corrected chi connectivity index (χ4v) is 8.20. The molecule has 1 aromatic heterocycles. The molecule has 0 radical (unpaired) electrons. The third-order valence-corrected chi connectivity index (χ3v) is 12.9. The summed E-state index contributed by atoms with van der Waals surface area (Å²) in [5, 5.41) is 116. The highest BCUT2D eigenvalue weighted by Crippen LogP contribution is 2.43. The van der Waals surface area contributed by atoms with E-state index in [0.29, 0.717) is 23.1 Å². The van der Waals surface area contributed by atoms with E-state index < -0.39 is 74.0 Å². The van der Waals surface area contributed by atoms with Gasteiger partial charge in [-0.15, -0.1) is 0 Å². The monoisotopic (exact) mass is 1260 g/mol. The number of aliphatic hydroxyl groups is 10. The molecule has 5 aromatic carbocycles. The van der Waals surface area contributed by atoms with E-state index in [2.05, 4.69) is 72.7 Å². The average molecular weight is 1270 g/mol. The largest absolute Gasteiger partial charge is 1.00 e. The van der Waals surface area contributed by atoms with Crippen LogP contribution in [0, 0.1) is 0 Å². The van der Waals surface area contributed by atoms with Gasteiger partial charge in [-0.25, -0.2) is 9.59 Å². The highest BCUT2D eigenvalue weighted by atomic mass is 35.5. The molecule has 22 N–H and O–H groups in total. The summed E-state index contributed by atoms with van der Waals surface area (Å²) in [7, 11) is 2.06. The predicted molar refractivity (Wildman–Crippen MR) is 315 cm³/mol. The van der Waals surface area contributed by atoms with Crippen molar-refractivity contribution in [3.8, 4) is 23.0 Å². The normalized spacial score (nSPS) is 15.6. The number of nitrogens with one attached hydrogen (secondary N) is 2. The van der Waals surface area contributed by atoms with Gasteiger partial charge >= 0.3 is 11.9 Å². The lowest BCUT2D eigenvalue weighted by atomic mass is 10.00. The van der Waals surface area contributed by atoms with Crippen molar-refractivity contribution in [3.05, 3.63) is 101 Å². The molecule has 0 amide bonds. The number of nitrogens with two attached hydrogens (primary N) is 4. The van der Waals surface area contributed by atoms with Crippen LogP contribution >= 0.6 is 23.2 Å². The number of aliphatic carboxylic acids is 2. The number of pyridine rings is 1. The molecule has 0 spiro atoms. The number of ether oxygens (including phenoxy) is 4. The molecule has 8 rings (SSSR count). The molecule has 8 atom stereocenters. The van der Waals surface area contributed by atoms with Crippen molar-refractivity contribution in [2.75, 3.05) is 50.5 Å². The maximum atomic E-state index is 10.1. The van der Waals surface area contributed by atoms with Gasteiger partial charge in [0, 0.05) is 39.9 Å². The molecule has 29 nitrogen and oxygen atoms in total. The molecule has 0 saturated heterocycles. The predicted octanol–water partition coefficient (Wildman–Crippen LogP) is -3.22. The van der Waals surface area contributed by atoms with Crippen molar-refractivity contribution in [2.24, 2.45) is 50.0 Å². The number of hydrogen-bond acceptors (Lipinski definition) is 18. The van der Waals surface area contributed by atoms with Gasteiger partial charge < -0.3 is 126 Å². The molecule has 86 heavy (non-hydrogen) atoms. The molecule has 0 aliphatic carbocycles. The summed E-state index contributed by atoms with van der Waals surface area (Å²) in [6, 6.07) is 26.6. The first kappa shape index (κ1) is 70.6. The van der Waals surface area contributed by atoms with E-state index in [9.17, 15) is 9.59 Å². The van der Waals surface area contributed by atoms with Crippen LogP contribution in [0.15, 0.2) is 111 Å². The van der Waals surface area contributed by atoms with Crippen LogP contribution in [-0.2, 0) is 16.6 Å². The number of unbranched alkanes of at least 4 members (excludes halogenated alkanes) is 3. The van der Waals surface area contributed by atoms with Crippen molar-refractivity contribution >= 4 is 103 Å². The number of hydrogen-bond donors (Lipinski definition) is 18. The average Bonchev–Trinajstić information content (AvgIpc) is 1.59. The summed E-state index contributed by atoms with van der Waals surface area (Å²) in [6.45, 7) is -0.00698. The third kappa shape index (κ3) is 20.4. The first-order chi connectivity index (χ1) is 40.4. The number of aliphatic imine (C=N–C) groups is 4. The number of fused-ring (bicyclic) bond motifs is 8. The van der Waals surface area contributed by atoms with Crippen LogP contribution in [0.25, 0.3) is 32.4 Å². The molecule has 0 unspecified atom stereocenters. The van der Waals surface area contributed by atoms with E-state index in [-0.39, 0.29) is 49.8 Å². The number of rotatable bonds is 19. The number of nitrogens with zero attached hydrogens (tertiary/aromatic N) is 5. The van der Waals surface area contributed by atoms with E-state index in [4.69, 9.17) is 126 Å². The van der Waals surface area contributed by atoms with Gasteiger partial charge in [-0.3, -0.25) is 9.98 Å². The number of benzene rings is 5. The van der Waals surface area contributed by atoms with E-state index in [1.807, 2.05) is 12.1 Å². The van der Waals surface area contributed by atoms with Crippen LogP contribution in [0.5, 0.6) is 23.0 Å². The van der Waals surface area contributed by atoms with E-state index in [1.165, 1.54) is 5.39 Å². The number of carboxylic acid groups (broad SMARTS) is 2. The summed E-state index contributed by atoms with van der Waals surface area (Å²) >= 11 is 11.7. The second-order valence-corrected chi connectivity index (χ2v) is 19.4. The third-order valence-electron chi connectivity index (χ3n) is 12.4. The Balaban J connectivity index is 0.000000266. The van der Waals surface area contributed by atoms with E-state index >= 15 is 0 Å². The zero-order valence-corrected chi connectivity index (χ0v) is 48.1.